The van der Waals surface area contributed by atoms with E-state index in [-0.39, 0.29) is 35.2 Å². The quantitative estimate of drug-likeness (QED) is 0.229. The summed E-state index contributed by atoms with van der Waals surface area (Å²) in [5, 5.41) is 4.85. The van der Waals surface area contributed by atoms with Gasteiger partial charge in [0.1, 0.15) is 5.75 Å². The monoisotopic (exact) mass is 782 g/mol. The first-order valence-electron chi connectivity index (χ1n) is 20.4. The number of likely N-dealkylation sites (N-methyl/N-ethyl adjacent to an activating group) is 2. The molecule has 12 heteroatoms. The van der Waals surface area contributed by atoms with Gasteiger partial charge in [0, 0.05) is 61.6 Å². The fraction of sp³-hybridized carbons (Fsp3) is 0.523. The summed E-state index contributed by atoms with van der Waals surface area (Å²) in [6.07, 6.45) is 12.8. The Morgan fingerprint density at radius 1 is 0.964 bits per heavy atom. The number of aromatic nitrogens is 2. The summed E-state index contributed by atoms with van der Waals surface area (Å²) in [4.78, 5) is 34.9. The van der Waals surface area contributed by atoms with Gasteiger partial charge in [0.05, 0.1) is 30.3 Å². The van der Waals surface area contributed by atoms with Crippen LogP contribution in [0, 0.1) is 11.8 Å². The number of rotatable bonds is 10. The number of nitrogens with zero attached hydrogens (tertiary/aromatic N) is 5. The van der Waals surface area contributed by atoms with Crippen LogP contribution in [0.3, 0.4) is 0 Å². The van der Waals surface area contributed by atoms with E-state index in [9.17, 15) is 18.0 Å². The minimum atomic E-state index is -3.83. The number of likely N-dealkylation sites (tertiary alicyclic amines) is 2. The molecule has 4 heterocycles. The number of benzene rings is 2. The first kappa shape index (κ1) is 39.8. The van der Waals surface area contributed by atoms with E-state index in [1.54, 1.807) is 19.4 Å². The number of methoxy groups -OCH3 is 1. The third-order valence-electron chi connectivity index (χ3n) is 12.0. The molecule has 11 nitrogen and oxygen atoms in total. The Hall–Kier alpha value is -4.42. The summed E-state index contributed by atoms with van der Waals surface area (Å²) in [6, 6.07) is 12.2. The maximum absolute atomic E-state index is 14.6. The van der Waals surface area contributed by atoms with E-state index in [4.69, 9.17) is 9.84 Å². The van der Waals surface area contributed by atoms with Gasteiger partial charge in [-0.05, 0) is 104 Å². The zero-order chi connectivity index (χ0) is 39.9. The van der Waals surface area contributed by atoms with Crippen molar-refractivity contribution in [1.29, 1.82) is 0 Å². The zero-order valence-corrected chi connectivity index (χ0v) is 34.9. The van der Waals surface area contributed by atoms with E-state index >= 15 is 0 Å². The Bertz CT molecular complexity index is 2150. The summed E-state index contributed by atoms with van der Waals surface area (Å²) in [5.41, 5.74) is 7.54. The Balaban J connectivity index is 1.40. The number of carbonyl (C=O) groups excluding carboxylic acids is 2. The highest BCUT2D eigenvalue weighted by Gasteiger charge is 2.45. The lowest BCUT2D eigenvalue weighted by Gasteiger charge is -2.34. The molecule has 56 heavy (non-hydrogen) atoms. The minimum absolute atomic E-state index is 0.00288. The second kappa shape index (κ2) is 16.2. The molecule has 7 rings (SSSR count). The number of piperazine rings is 1. The van der Waals surface area contributed by atoms with Gasteiger partial charge in [-0.1, -0.05) is 58.2 Å². The van der Waals surface area contributed by atoms with Gasteiger partial charge in [-0.15, -0.1) is 0 Å². The van der Waals surface area contributed by atoms with Crippen LogP contribution in [0.1, 0.15) is 122 Å². The molecule has 2 amide bonds. The third kappa shape index (κ3) is 8.05. The number of sulfonamides is 1. The average Bonchev–Trinajstić information content (AvgIpc) is 3.91. The van der Waals surface area contributed by atoms with Crippen molar-refractivity contribution < 1.29 is 22.7 Å². The normalized spacial score (nSPS) is 22.4. The SMILES string of the molecule is CCN1C[C@H]2C[C@@H]1CN2C(=O)c1cnn(C(C)C)c1/C1=C/c2cc(OC)ccc2/C=C(\C2CCCCC2)c2ccc(C(=O)NS(=O)(=O)CC(C)C)cc2N(C)C1. The average molecular weight is 783 g/mol. The van der Waals surface area contributed by atoms with Crippen LogP contribution >= 0.6 is 0 Å². The van der Waals surface area contributed by atoms with Crippen molar-refractivity contribution in [2.24, 2.45) is 11.8 Å². The van der Waals surface area contributed by atoms with E-state index in [0.717, 1.165) is 84.6 Å². The number of ether oxygens (including phenoxy) is 1. The van der Waals surface area contributed by atoms with Crippen LogP contribution in [0.4, 0.5) is 5.69 Å². The molecule has 0 radical (unpaired) electrons. The molecule has 3 aromatic rings. The Kier molecular flexibility index (Phi) is 11.5. The zero-order valence-electron chi connectivity index (χ0n) is 34.0. The largest absolute Gasteiger partial charge is 0.497 e. The molecule has 0 unspecified atom stereocenters. The Morgan fingerprint density at radius 3 is 2.39 bits per heavy atom. The number of hydrogen-bond donors (Lipinski definition) is 1. The van der Waals surface area contributed by atoms with Crippen molar-refractivity contribution in [3.8, 4) is 5.75 Å². The summed E-state index contributed by atoms with van der Waals surface area (Å²) < 4.78 is 35.8. The highest BCUT2D eigenvalue weighted by Crippen LogP contribution is 2.43. The molecule has 1 N–H and O–H groups in total. The van der Waals surface area contributed by atoms with Crippen molar-refractivity contribution in [3.05, 3.63) is 76.1 Å². The highest BCUT2D eigenvalue weighted by atomic mass is 32.2. The van der Waals surface area contributed by atoms with Gasteiger partial charge in [0.2, 0.25) is 10.0 Å². The summed E-state index contributed by atoms with van der Waals surface area (Å²) in [7, 11) is -0.142. The molecule has 4 aliphatic rings. The fourth-order valence-corrected chi connectivity index (χ4v) is 10.7. The minimum Gasteiger partial charge on any atom is -0.497 e. The fourth-order valence-electron chi connectivity index (χ4n) is 9.33. The summed E-state index contributed by atoms with van der Waals surface area (Å²) >= 11 is 0. The van der Waals surface area contributed by atoms with Gasteiger partial charge in [-0.2, -0.15) is 5.10 Å². The van der Waals surface area contributed by atoms with E-state index in [1.807, 2.05) is 43.8 Å². The summed E-state index contributed by atoms with van der Waals surface area (Å²) in [5.74, 6) is 0.130. The van der Waals surface area contributed by atoms with Gasteiger partial charge in [0.15, 0.2) is 0 Å². The van der Waals surface area contributed by atoms with Crippen molar-refractivity contribution in [2.45, 2.75) is 91.3 Å². The van der Waals surface area contributed by atoms with Crippen molar-refractivity contribution in [3.63, 3.8) is 0 Å². The number of allylic oxidation sites excluding steroid dienone is 1. The molecule has 2 aromatic carbocycles. The Labute approximate surface area is 332 Å². The number of anilines is 1. The second-order valence-corrected chi connectivity index (χ2v) is 18.6. The lowest BCUT2D eigenvalue weighted by Crippen LogP contribution is -2.48. The molecular formula is C44H58N6O5S. The molecule has 300 valence electrons. The van der Waals surface area contributed by atoms with Crippen LogP contribution in [0.5, 0.6) is 5.75 Å². The first-order chi connectivity index (χ1) is 26.8. The maximum atomic E-state index is 14.6. The molecular weight excluding hydrogens is 725 g/mol. The van der Waals surface area contributed by atoms with E-state index in [1.165, 1.54) is 12.0 Å². The van der Waals surface area contributed by atoms with Gasteiger partial charge in [0.25, 0.3) is 11.8 Å². The van der Waals surface area contributed by atoms with Crippen molar-refractivity contribution in [1.82, 2.24) is 24.3 Å². The predicted octanol–water partition coefficient (Wildman–Crippen LogP) is 7.22. The third-order valence-corrected chi connectivity index (χ3v) is 13.6. The van der Waals surface area contributed by atoms with E-state index < -0.39 is 15.9 Å². The van der Waals surface area contributed by atoms with Gasteiger partial charge < -0.3 is 14.5 Å². The topological polar surface area (TPSA) is 117 Å². The van der Waals surface area contributed by atoms with Crippen LogP contribution in [-0.2, 0) is 10.0 Å². The molecule has 0 spiro atoms. The van der Waals surface area contributed by atoms with Gasteiger partial charge in [-0.3, -0.25) is 19.2 Å². The van der Waals surface area contributed by atoms with Gasteiger partial charge in [-0.25, -0.2) is 13.1 Å². The number of amides is 2. The smallest absolute Gasteiger partial charge is 0.264 e. The van der Waals surface area contributed by atoms with Crippen LogP contribution in [0.15, 0.2) is 42.6 Å². The van der Waals surface area contributed by atoms with E-state index in [2.05, 4.69) is 64.5 Å². The highest BCUT2D eigenvalue weighted by molar-refractivity contribution is 7.90. The molecule has 3 fully saturated rings. The van der Waals surface area contributed by atoms with Crippen LogP contribution < -0.4 is 14.4 Å². The van der Waals surface area contributed by atoms with Crippen molar-refractivity contribution in [2.75, 3.05) is 51.0 Å². The van der Waals surface area contributed by atoms with Crippen LogP contribution in [0.25, 0.3) is 23.3 Å². The predicted molar refractivity (Wildman–Crippen MR) is 224 cm³/mol. The number of nitrogens with one attached hydrogen (secondary N) is 1. The lowest BCUT2D eigenvalue weighted by atomic mass is 9.79. The molecule has 1 saturated carbocycles. The van der Waals surface area contributed by atoms with Crippen molar-refractivity contribution >= 4 is 50.8 Å². The number of fused-ring (bicyclic) bond motifs is 4. The standard InChI is InChI=1S/C44H58N6O5S/c1-8-48-25-36-22-35(48)26-49(36)44(52)40-23-45-50(29(4)5)42(40)34-18-33-19-37(55-7)16-14-31(33)20-39(30-12-10-9-11-13-30)38-17-15-32(21-41(38)47(6)24-34)43(51)46-56(53,54)27-28(2)3/h14-21,23,28-30,35-36H,8-13,22,24-27H2,1-7H3,(H,46,51)/b34-18+,39-20+/t35-,36-/m1/s1. The first-order valence-corrected chi connectivity index (χ1v) is 22.1. The molecule has 2 saturated heterocycles. The van der Waals surface area contributed by atoms with Gasteiger partial charge >= 0.3 is 0 Å². The van der Waals surface area contributed by atoms with Crippen LogP contribution in [-0.4, -0.2) is 98.0 Å². The molecule has 3 aliphatic heterocycles. The Morgan fingerprint density at radius 2 is 1.73 bits per heavy atom. The van der Waals surface area contributed by atoms with E-state index in [0.29, 0.717) is 30.6 Å². The molecule has 1 aromatic heterocycles. The number of carbonyl (C=O) groups is 2. The summed E-state index contributed by atoms with van der Waals surface area (Å²) in [6.45, 7) is 12.9. The maximum Gasteiger partial charge on any atom is 0.264 e. The molecule has 2 atom stereocenters. The lowest BCUT2D eigenvalue weighted by molar-refractivity contribution is 0.0630. The number of hydrogen-bond acceptors (Lipinski definition) is 8. The van der Waals surface area contributed by atoms with Crippen LogP contribution in [0.2, 0.25) is 0 Å². The molecule has 1 aliphatic carbocycles. The molecule has 2 bridgehead atoms. The second-order valence-electron chi connectivity index (χ2n) is 16.8.